The molecule has 0 radical (unpaired) electrons. The molecule has 8 heteroatoms. The molecule has 1 spiro atoms. The zero-order valence-corrected chi connectivity index (χ0v) is 18.1. The van der Waals surface area contributed by atoms with E-state index in [9.17, 15) is 14.4 Å². The van der Waals surface area contributed by atoms with E-state index in [2.05, 4.69) is 15.6 Å². The third-order valence-electron chi connectivity index (χ3n) is 6.31. The summed E-state index contributed by atoms with van der Waals surface area (Å²) >= 11 is 0. The minimum atomic E-state index is -0.751. The van der Waals surface area contributed by atoms with Crippen LogP contribution in [0.5, 0.6) is 0 Å². The number of nitrogens with zero attached hydrogens (tertiary/aromatic N) is 3. The highest BCUT2D eigenvalue weighted by atomic mass is 16.2. The zero-order chi connectivity index (χ0) is 22.5. The number of aryl methyl sites for hydroxylation is 2. The summed E-state index contributed by atoms with van der Waals surface area (Å²) in [4.78, 5) is 45.6. The number of hydrogen-bond acceptors (Lipinski definition) is 5. The smallest absolute Gasteiger partial charge is 0.259 e. The number of benzene rings is 1. The molecule has 1 aromatic carbocycles. The first kappa shape index (κ1) is 20.2. The molecule has 1 unspecified atom stereocenters. The van der Waals surface area contributed by atoms with E-state index in [1.807, 2.05) is 36.6 Å². The van der Waals surface area contributed by atoms with Gasteiger partial charge in [-0.1, -0.05) is 12.1 Å². The number of piperidine rings is 1. The van der Waals surface area contributed by atoms with Crippen molar-refractivity contribution >= 4 is 28.5 Å². The molecule has 0 aliphatic carbocycles. The highest BCUT2D eigenvalue weighted by molar-refractivity contribution is 6.02. The van der Waals surface area contributed by atoms with Crippen LogP contribution in [-0.2, 0) is 6.54 Å². The lowest BCUT2D eigenvalue weighted by Gasteiger charge is -2.46. The number of likely N-dealkylation sites (tertiary alicyclic amines) is 1. The number of hydrogen-bond donors (Lipinski definition) is 2. The molecule has 2 aliphatic rings. The summed E-state index contributed by atoms with van der Waals surface area (Å²) in [5.74, 6) is -0.484. The maximum absolute atomic E-state index is 13.5. The summed E-state index contributed by atoms with van der Waals surface area (Å²) in [6.07, 6.45) is 3.01. The van der Waals surface area contributed by atoms with E-state index in [1.54, 1.807) is 29.3 Å². The second-order valence-corrected chi connectivity index (χ2v) is 8.52. The number of carbonyl (C=O) groups excluding carboxylic acids is 2. The number of amides is 2. The molecule has 4 heterocycles. The second kappa shape index (κ2) is 7.47. The molecule has 8 nitrogen and oxygen atoms in total. The van der Waals surface area contributed by atoms with Gasteiger partial charge in [0, 0.05) is 30.7 Å². The Labute approximate surface area is 185 Å². The molecule has 1 atom stereocenters. The van der Waals surface area contributed by atoms with Crippen molar-refractivity contribution in [3.8, 4) is 0 Å². The fourth-order valence-electron chi connectivity index (χ4n) is 4.72. The molecular formula is C24H25N5O3. The van der Waals surface area contributed by atoms with Gasteiger partial charge < -0.3 is 20.1 Å². The van der Waals surface area contributed by atoms with Crippen LogP contribution >= 0.6 is 0 Å². The fourth-order valence-corrected chi connectivity index (χ4v) is 4.72. The number of aromatic nitrogens is 2. The molecule has 2 aromatic heterocycles. The van der Waals surface area contributed by atoms with E-state index in [0.717, 1.165) is 11.4 Å². The van der Waals surface area contributed by atoms with E-state index >= 15 is 0 Å². The van der Waals surface area contributed by atoms with Crippen LogP contribution in [0.25, 0.3) is 11.0 Å². The summed E-state index contributed by atoms with van der Waals surface area (Å²) in [6, 6.07) is 10.9. The van der Waals surface area contributed by atoms with Gasteiger partial charge in [-0.25, -0.2) is 4.98 Å². The molecule has 2 N–H and O–H groups in total. The Kier molecular flexibility index (Phi) is 4.73. The van der Waals surface area contributed by atoms with Crippen LogP contribution in [0.15, 0.2) is 47.4 Å². The van der Waals surface area contributed by atoms with Gasteiger partial charge in [0.25, 0.3) is 11.8 Å². The first-order valence-corrected chi connectivity index (χ1v) is 10.9. The van der Waals surface area contributed by atoms with Gasteiger partial charge in [0.2, 0.25) is 5.43 Å². The summed E-state index contributed by atoms with van der Waals surface area (Å²) in [6.45, 7) is 5.22. The molecule has 2 aliphatic heterocycles. The standard InChI is InChI=1S/C24H25N5O3/c1-3-28-13-18(20(30)17-10-9-15(2)25-21(17)28)23(32)29-12-6-11-24(14-29)26-19-8-5-4-7-16(19)22(31)27-24/h4-5,7-10,13,26H,3,6,11-12,14H2,1-2H3,(H,27,31). The van der Waals surface area contributed by atoms with Crippen molar-refractivity contribution in [1.29, 1.82) is 0 Å². The lowest BCUT2D eigenvalue weighted by atomic mass is 9.93. The van der Waals surface area contributed by atoms with E-state index < -0.39 is 5.66 Å². The number of nitrogens with one attached hydrogen (secondary N) is 2. The third-order valence-corrected chi connectivity index (χ3v) is 6.31. The van der Waals surface area contributed by atoms with E-state index in [-0.39, 0.29) is 29.4 Å². The average Bonchev–Trinajstić information content (AvgIpc) is 2.79. The Morgan fingerprint density at radius 3 is 2.78 bits per heavy atom. The van der Waals surface area contributed by atoms with Gasteiger partial charge in [-0.05, 0) is 51.0 Å². The largest absolute Gasteiger partial charge is 0.361 e. The van der Waals surface area contributed by atoms with Crippen molar-refractivity contribution in [1.82, 2.24) is 19.8 Å². The van der Waals surface area contributed by atoms with Crippen LogP contribution in [0.1, 0.15) is 46.2 Å². The summed E-state index contributed by atoms with van der Waals surface area (Å²) in [5.41, 5.74) is 1.81. The molecule has 1 saturated heterocycles. The summed E-state index contributed by atoms with van der Waals surface area (Å²) in [7, 11) is 0. The molecule has 32 heavy (non-hydrogen) atoms. The highest BCUT2D eigenvalue weighted by Gasteiger charge is 2.42. The van der Waals surface area contributed by atoms with Crippen LogP contribution in [0.2, 0.25) is 0 Å². The number of fused-ring (bicyclic) bond motifs is 2. The molecule has 5 rings (SSSR count). The topological polar surface area (TPSA) is 96.3 Å². The highest BCUT2D eigenvalue weighted by Crippen LogP contribution is 2.30. The summed E-state index contributed by atoms with van der Waals surface area (Å²) in [5, 5.41) is 6.93. The van der Waals surface area contributed by atoms with Crippen LogP contribution in [0, 0.1) is 6.92 Å². The van der Waals surface area contributed by atoms with Gasteiger partial charge in [-0.2, -0.15) is 0 Å². The number of carbonyl (C=O) groups is 2. The van der Waals surface area contributed by atoms with Gasteiger partial charge in [-0.3, -0.25) is 14.4 Å². The maximum Gasteiger partial charge on any atom is 0.259 e. The number of pyridine rings is 2. The maximum atomic E-state index is 13.5. The van der Waals surface area contributed by atoms with Crippen LogP contribution in [-0.4, -0.2) is 45.0 Å². The molecule has 0 bridgehead atoms. The molecule has 0 saturated carbocycles. The predicted octanol–water partition coefficient (Wildman–Crippen LogP) is 2.51. The SMILES string of the molecule is CCn1cc(C(=O)N2CCCC3(C2)NC(=O)c2ccccc2N3)c(=O)c2ccc(C)nc21. The van der Waals surface area contributed by atoms with Crippen LogP contribution in [0.3, 0.4) is 0 Å². The average molecular weight is 431 g/mol. The summed E-state index contributed by atoms with van der Waals surface area (Å²) < 4.78 is 1.84. The van der Waals surface area contributed by atoms with Crippen molar-refractivity contribution in [2.45, 2.75) is 38.9 Å². The lowest BCUT2D eigenvalue weighted by molar-refractivity contribution is 0.0591. The molecule has 3 aromatic rings. The Morgan fingerprint density at radius 2 is 1.97 bits per heavy atom. The Bertz CT molecular complexity index is 1310. The first-order chi connectivity index (χ1) is 15.4. The van der Waals surface area contributed by atoms with Crippen LogP contribution < -0.4 is 16.1 Å². The van der Waals surface area contributed by atoms with Crippen LogP contribution in [0.4, 0.5) is 5.69 Å². The predicted molar refractivity (Wildman–Crippen MR) is 122 cm³/mol. The quantitative estimate of drug-likeness (QED) is 0.650. The molecule has 2 amide bonds. The number of para-hydroxylation sites is 1. The van der Waals surface area contributed by atoms with Crippen molar-refractivity contribution < 1.29 is 9.59 Å². The van der Waals surface area contributed by atoms with Crippen molar-refractivity contribution in [3.05, 3.63) is 69.6 Å². The Morgan fingerprint density at radius 1 is 1.16 bits per heavy atom. The van der Waals surface area contributed by atoms with Gasteiger partial charge in [0.05, 0.1) is 17.5 Å². The number of anilines is 1. The minimum absolute atomic E-state index is 0.129. The third kappa shape index (κ3) is 3.23. The normalized spacial score (nSPS) is 20.1. The number of rotatable bonds is 2. The van der Waals surface area contributed by atoms with Gasteiger partial charge >= 0.3 is 0 Å². The van der Waals surface area contributed by atoms with E-state index in [1.165, 1.54) is 0 Å². The van der Waals surface area contributed by atoms with E-state index in [4.69, 9.17) is 0 Å². The van der Waals surface area contributed by atoms with E-state index in [0.29, 0.717) is 42.5 Å². The second-order valence-electron chi connectivity index (χ2n) is 8.52. The molecular weight excluding hydrogens is 406 g/mol. The minimum Gasteiger partial charge on any atom is -0.361 e. The van der Waals surface area contributed by atoms with Gasteiger partial charge in [0.1, 0.15) is 16.9 Å². The molecule has 1 fully saturated rings. The molecule has 164 valence electrons. The fraction of sp³-hybridized carbons (Fsp3) is 0.333. The zero-order valence-electron chi connectivity index (χ0n) is 18.1. The first-order valence-electron chi connectivity index (χ1n) is 10.9. The Hall–Kier alpha value is -3.68. The Balaban J connectivity index is 1.50. The van der Waals surface area contributed by atoms with Crippen molar-refractivity contribution in [2.24, 2.45) is 0 Å². The van der Waals surface area contributed by atoms with Gasteiger partial charge in [-0.15, -0.1) is 0 Å². The van der Waals surface area contributed by atoms with Gasteiger partial charge in [0.15, 0.2) is 0 Å². The lowest BCUT2D eigenvalue weighted by Crippen LogP contribution is -2.66. The van der Waals surface area contributed by atoms with Crippen molar-refractivity contribution in [2.75, 3.05) is 18.4 Å². The monoisotopic (exact) mass is 431 g/mol. The van der Waals surface area contributed by atoms with Crippen molar-refractivity contribution in [3.63, 3.8) is 0 Å².